The van der Waals surface area contributed by atoms with Crippen LogP contribution in [0.15, 0.2) is 24.4 Å². The maximum Gasteiger partial charge on any atom is 0.435 e. The van der Waals surface area contributed by atoms with E-state index in [0.717, 1.165) is 10.9 Å². The molecule has 0 unspecified atom stereocenters. The third-order valence-electron chi connectivity index (χ3n) is 4.82. The number of fused-ring (bicyclic) bond motifs is 1. The van der Waals surface area contributed by atoms with Crippen molar-refractivity contribution in [3.63, 3.8) is 0 Å². The van der Waals surface area contributed by atoms with Crippen LogP contribution in [0.1, 0.15) is 34.3 Å². The van der Waals surface area contributed by atoms with Crippen molar-refractivity contribution in [2.24, 2.45) is 7.05 Å². The van der Waals surface area contributed by atoms with Crippen molar-refractivity contribution in [3.8, 4) is 17.1 Å². The van der Waals surface area contributed by atoms with Crippen molar-refractivity contribution in [2.75, 3.05) is 7.11 Å². The first-order chi connectivity index (χ1) is 14.2. The normalized spacial score (nSPS) is 15.9. The van der Waals surface area contributed by atoms with Gasteiger partial charge in [0.25, 0.3) is 5.91 Å². The number of pyridine rings is 1. The Labute approximate surface area is 167 Å². The maximum atomic E-state index is 14.2. The summed E-state index contributed by atoms with van der Waals surface area (Å²) in [6, 6.07) is 3.25. The van der Waals surface area contributed by atoms with E-state index in [-0.39, 0.29) is 17.1 Å². The van der Waals surface area contributed by atoms with Crippen LogP contribution in [0.3, 0.4) is 0 Å². The van der Waals surface area contributed by atoms with Crippen LogP contribution in [0.25, 0.3) is 11.3 Å². The largest absolute Gasteiger partial charge is 0.481 e. The number of nitrogens with one attached hydrogen (secondary N) is 1. The molecule has 30 heavy (non-hydrogen) atoms. The Kier molecular flexibility index (Phi) is 4.71. The standard InChI is InChI=1S/C18H16F4N6O2/c1-27-14(7-15(26-27)18(20,21)22)17(29)24-11-3-4-28-13(11)6-12(25-28)9-5-16(30-2)23-8-10(9)19/h5-8,11H,3-4H2,1-2H3,(H,24,29)/t11-/m0/s1. The number of alkyl halides is 3. The van der Waals surface area contributed by atoms with Crippen molar-refractivity contribution < 1.29 is 27.1 Å². The molecule has 3 aromatic heterocycles. The molecule has 0 spiro atoms. The molecule has 0 aliphatic carbocycles. The van der Waals surface area contributed by atoms with E-state index >= 15 is 0 Å². The summed E-state index contributed by atoms with van der Waals surface area (Å²) in [6.45, 7) is 0.462. The summed E-state index contributed by atoms with van der Waals surface area (Å²) in [5, 5.41) is 10.4. The summed E-state index contributed by atoms with van der Waals surface area (Å²) in [5.41, 5.74) is -0.217. The van der Waals surface area contributed by atoms with Crippen molar-refractivity contribution in [1.29, 1.82) is 0 Å². The summed E-state index contributed by atoms with van der Waals surface area (Å²) in [5.74, 6) is -1.05. The number of ether oxygens (including phenoxy) is 1. The van der Waals surface area contributed by atoms with Gasteiger partial charge in [-0.05, 0) is 12.5 Å². The van der Waals surface area contributed by atoms with Crippen LogP contribution in [0.5, 0.6) is 5.88 Å². The minimum Gasteiger partial charge on any atom is -0.481 e. The van der Waals surface area contributed by atoms with Crippen LogP contribution in [0.2, 0.25) is 0 Å². The van der Waals surface area contributed by atoms with Gasteiger partial charge in [0, 0.05) is 31.3 Å². The number of amides is 1. The van der Waals surface area contributed by atoms with Gasteiger partial charge in [0.15, 0.2) is 11.5 Å². The molecule has 1 aliphatic rings. The lowest BCUT2D eigenvalue weighted by atomic mass is 10.1. The average molecular weight is 424 g/mol. The van der Waals surface area contributed by atoms with E-state index in [2.05, 4.69) is 20.5 Å². The van der Waals surface area contributed by atoms with Gasteiger partial charge in [-0.15, -0.1) is 0 Å². The van der Waals surface area contributed by atoms with Gasteiger partial charge in [-0.2, -0.15) is 23.4 Å². The zero-order valence-corrected chi connectivity index (χ0v) is 15.9. The van der Waals surface area contributed by atoms with Crippen molar-refractivity contribution in [1.82, 2.24) is 29.9 Å². The number of hydrogen-bond donors (Lipinski definition) is 1. The quantitative estimate of drug-likeness (QED) is 0.651. The number of carbonyl (C=O) groups is 1. The Morgan fingerprint density at radius 2 is 2.03 bits per heavy atom. The number of aryl methyl sites for hydroxylation is 2. The molecule has 0 radical (unpaired) electrons. The Hall–Kier alpha value is -3.44. The molecule has 0 aromatic carbocycles. The third kappa shape index (κ3) is 3.48. The Morgan fingerprint density at radius 3 is 2.70 bits per heavy atom. The molecular formula is C18H16F4N6O2. The molecule has 1 N–H and O–H groups in total. The van der Waals surface area contributed by atoms with Crippen LogP contribution in [-0.4, -0.2) is 37.6 Å². The molecule has 1 atom stereocenters. The zero-order valence-electron chi connectivity index (χ0n) is 15.9. The highest BCUT2D eigenvalue weighted by atomic mass is 19.4. The molecule has 1 aliphatic heterocycles. The van der Waals surface area contributed by atoms with Crippen molar-refractivity contribution in [3.05, 3.63) is 47.3 Å². The van der Waals surface area contributed by atoms with E-state index in [1.165, 1.54) is 20.2 Å². The number of hydrogen-bond acceptors (Lipinski definition) is 5. The minimum atomic E-state index is -4.65. The summed E-state index contributed by atoms with van der Waals surface area (Å²) in [7, 11) is 2.67. The monoisotopic (exact) mass is 424 g/mol. The number of carbonyl (C=O) groups excluding carboxylic acids is 1. The predicted octanol–water partition coefficient (Wildman–Crippen LogP) is 2.72. The second kappa shape index (κ2) is 7.11. The molecule has 0 saturated carbocycles. The molecule has 8 nitrogen and oxygen atoms in total. The number of halogens is 4. The molecule has 3 aromatic rings. The van der Waals surface area contributed by atoms with Crippen LogP contribution >= 0.6 is 0 Å². The average Bonchev–Trinajstić information content (AvgIpc) is 3.37. The van der Waals surface area contributed by atoms with Gasteiger partial charge in [0.2, 0.25) is 5.88 Å². The second-order valence-corrected chi connectivity index (χ2v) is 6.74. The van der Waals surface area contributed by atoms with Crippen LogP contribution in [-0.2, 0) is 19.8 Å². The van der Waals surface area contributed by atoms with Gasteiger partial charge in [-0.1, -0.05) is 0 Å². The van der Waals surface area contributed by atoms with Gasteiger partial charge in [0.05, 0.1) is 30.7 Å². The zero-order chi connectivity index (χ0) is 21.6. The van der Waals surface area contributed by atoms with Gasteiger partial charge in [-0.25, -0.2) is 9.37 Å². The Morgan fingerprint density at radius 1 is 1.27 bits per heavy atom. The van der Waals surface area contributed by atoms with Crippen molar-refractivity contribution >= 4 is 5.91 Å². The highest BCUT2D eigenvalue weighted by Crippen LogP contribution is 2.32. The predicted molar refractivity (Wildman–Crippen MR) is 95.0 cm³/mol. The SMILES string of the molecule is COc1cc(-c2cc3n(n2)CC[C@@H]3NC(=O)c2cc(C(F)(F)F)nn2C)c(F)cn1. The van der Waals surface area contributed by atoms with Gasteiger partial charge in [0.1, 0.15) is 5.69 Å². The molecule has 158 valence electrons. The van der Waals surface area contributed by atoms with Crippen LogP contribution in [0.4, 0.5) is 17.6 Å². The third-order valence-corrected chi connectivity index (χ3v) is 4.82. The Balaban J connectivity index is 1.58. The van der Waals surface area contributed by atoms with Crippen molar-refractivity contribution in [2.45, 2.75) is 25.2 Å². The second-order valence-electron chi connectivity index (χ2n) is 6.74. The summed E-state index contributed by atoms with van der Waals surface area (Å²) < 4.78 is 60.2. The molecule has 4 rings (SSSR count). The topological polar surface area (TPSA) is 86.9 Å². The lowest BCUT2D eigenvalue weighted by Crippen LogP contribution is -2.28. The summed E-state index contributed by atoms with van der Waals surface area (Å²) in [6.07, 6.45) is -3.12. The fraction of sp³-hybridized carbons (Fsp3) is 0.333. The number of aromatic nitrogens is 5. The van der Waals surface area contributed by atoms with E-state index in [0.29, 0.717) is 30.4 Å². The number of rotatable bonds is 4. The summed E-state index contributed by atoms with van der Waals surface area (Å²) in [4.78, 5) is 16.3. The Bertz CT molecular complexity index is 1120. The fourth-order valence-electron chi connectivity index (χ4n) is 3.35. The first kappa shape index (κ1) is 19.9. The van der Waals surface area contributed by atoms with E-state index in [4.69, 9.17) is 4.74 Å². The van der Waals surface area contributed by atoms with Gasteiger partial charge in [-0.3, -0.25) is 14.2 Å². The van der Waals surface area contributed by atoms with E-state index in [1.807, 2.05) is 0 Å². The highest BCUT2D eigenvalue weighted by Gasteiger charge is 2.36. The minimum absolute atomic E-state index is 0.190. The van der Waals surface area contributed by atoms with Gasteiger partial charge < -0.3 is 10.1 Å². The lowest BCUT2D eigenvalue weighted by molar-refractivity contribution is -0.141. The molecular weight excluding hydrogens is 408 g/mol. The molecule has 4 heterocycles. The van der Waals surface area contributed by atoms with Crippen LogP contribution in [0, 0.1) is 5.82 Å². The molecule has 12 heteroatoms. The van der Waals surface area contributed by atoms with Gasteiger partial charge >= 0.3 is 6.18 Å². The van der Waals surface area contributed by atoms with E-state index < -0.39 is 29.6 Å². The van der Waals surface area contributed by atoms with E-state index in [9.17, 15) is 22.4 Å². The molecule has 0 saturated heterocycles. The number of methoxy groups -OCH3 is 1. The first-order valence-electron chi connectivity index (χ1n) is 8.87. The highest BCUT2D eigenvalue weighted by molar-refractivity contribution is 5.93. The van der Waals surface area contributed by atoms with E-state index in [1.54, 1.807) is 10.7 Å². The number of nitrogens with zero attached hydrogens (tertiary/aromatic N) is 5. The molecule has 1 amide bonds. The molecule has 0 fully saturated rings. The lowest BCUT2D eigenvalue weighted by Gasteiger charge is -2.11. The fourth-order valence-corrected chi connectivity index (χ4v) is 3.35. The summed E-state index contributed by atoms with van der Waals surface area (Å²) >= 11 is 0. The molecule has 0 bridgehead atoms. The van der Waals surface area contributed by atoms with Crippen LogP contribution < -0.4 is 10.1 Å². The smallest absolute Gasteiger partial charge is 0.435 e. The maximum absolute atomic E-state index is 14.2. The first-order valence-corrected chi connectivity index (χ1v) is 8.87.